The fourth-order valence-electron chi connectivity index (χ4n) is 3.12. The Morgan fingerprint density at radius 3 is 2.13 bits per heavy atom. The van der Waals surface area contributed by atoms with Crippen LogP contribution in [0.5, 0.6) is 0 Å². The van der Waals surface area contributed by atoms with Crippen LogP contribution in [-0.2, 0) is 0 Å². The van der Waals surface area contributed by atoms with Crippen molar-refractivity contribution in [3.63, 3.8) is 0 Å². The van der Waals surface area contributed by atoms with Gasteiger partial charge in [-0.15, -0.1) is 0 Å². The van der Waals surface area contributed by atoms with Gasteiger partial charge < -0.3 is 4.90 Å². The van der Waals surface area contributed by atoms with Crippen LogP contribution in [0.4, 0.5) is 0 Å². The van der Waals surface area contributed by atoms with Gasteiger partial charge in [0.1, 0.15) is 0 Å². The lowest BCUT2D eigenvalue weighted by Gasteiger charge is -2.21. The summed E-state index contributed by atoms with van der Waals surface area (Å²) in [4.78, 5) is 2.66. The summed E-state index contributed by atoms with van der Waals surface area (Å²) in [5, 5.41) is 8.48. The van der Waals surface area contributed by atoms with Crippen LogP contribution in [0.25, 0.3) is 0 Å². The van der Waals surface area contributed by atoms with Crippen molar-refractivity contribution in [3.05, 3.63) is 0 Å². The zero-order chi connectivity index (χ0) is 10.5. The van der Waals surface area contributed by atoms with Gasteiger partial charge in [-0.3, -0.25) is 0 Å². The third-order valence-corrected chi connectivity index (χ3v) is 4.01. The molecule has 2 heterocycles. The Bertz CT molecular complexity index is 209. The van der Waals surface area contributed by atoms with E-state index in [1.165, 1.54) is 51.7 Å². The van der Waals surface area contributed by atoms with Crippen molar-refractivity contribution >= 4 is 0 Å². The maximum absolute atomic E-state index is 8.48. The number of hydrogen-bond donors (Lipinski definition) is 0. The van der Waals surface area contributed by atoms with E-state index in [0.29, 0.717) is 0 Å². The molecule has 0 aromatic rings. The van der Waals surface area contributed by atoms with Gasteiger partial charge in [-0.25, -0.2) is 0 Å². The molecule has 2 heteroatoms. The standard InChI is InChI=1S/C13H22N2/c14-8-2-1-3-9-15-10-12-4-5-13(11-15)7-6-12/h12-13H,1-7,9-11H2. The highest BCUT2D eigenvalue weighted by Gasteiger charge is 2.28. The van der Waals surface area contributed by atoms with Gasteiger partial charge in [0, 0.05) is 19.5 Å². The molecule has 0 spiro atoms. The van der Waals surface area contributed by atoms with E-state index in [-0.39, 0.29) is 0 Å². The van der Waals surface area contributed by atoms with Gasteiger partial charge >= 0.3 is 0 Å². The molecule has 2 aliphatic heterocycles. The molecule has 0 N–H and O–H groups in total. The summed E-state index contributed by atoms with van der Waals surface area (Å²) in [5.41, 5.74) is 0. The first kappa shape index (κ1) is 11.0. The van der Waals surface area contributed by atoms with Crippen molar-refractivity contribution in [1.82, 2.24) is 4.90 Å². The molecule has 0 aromatic heterocycles. The molecule has 0 amide bonds. The van der Waals surface area contributed by atoms with Gasteiger partial charge in [0.05, 0.1) is 6.07 Å². The minimum Gasteiger partial charge on any atom is -0.303 e. The molecular weight excluding hydrogens is 184 g/mol. The van der Waals surface area contributed by atoms with E-state index in [4.69, 9.17) is 5.26 Å². The maximum atomic E-state index is 8.48. The average molecular weight is 206 g/mol. The van der Waals surface area contributed by atoms with Crippen LogP contribution in [0, 0.1) is 23.2 Å². The number of nitriles is 1. The highest BCUT2D eigenvalue weighted by Crippen LogP contribution is 2.33. The Balaban J connectivity index is 1.71. The van der Waals surface area contributed by atoms with Crippen molar-refractivity contribution in [2.45, 2.75) is 44.9 Å². The van der Waals surface area contributed by atoms with Gasteiger partial charge in [-0.2, -0.15) is 5.26 Å². The number of nitrogens with zero attached hydrogens (tertiary/aromatic N) is 2. The van der Waals surface area contributed by atoms with Crippen LogP contribution in [-0.4, -0.2) is 24.5 Å². The number of hydrogen-bond acceptors (Lipinski definition) is 2. The molecule has 0 atom stereocenters. The smallest absolute Gasteiger partial charge is 0.0621 e. The number of rotatable bonds is 4. The van der Waals surface area contributed by atoms with Crippen LogP contribution < -0.4 is 0 Å². The molecule has 3 fully saturated rings. The van der Waals surface area contributed by atoms with Gasteiger partial charge in [0.15, 0.2) is 0 Å². The molecular formula is C13H22N2. The zero-order valence-corrected chi connectivity index (χ0v) is 9.62. The third-order valence-electron chi connectivity index (χ3n) is 4.01. The van der Waals surface area contributed by atoms with Crippen molar-refractivity contribution in [1.29, 1.82) is 5.26 Å². The number of fused-ring (bicyclic) bond motifs is 4. The Morgan fingerprint density at radius 1 is 1.00 bits per heavy atom. The van der Waals surface area contributed by atoms with E-state index in [1.54, 1.807) is 0 Å². The molecule has 0 radical (unpaired) electrons. The van der Waals surface area contributed by atoms with E-state index in [0.717, 1.165) is 24.7 Å². The van der Waals surface area contributed by atoms with Gasteiger partial charge in [0.25, 0.3) is 0 Å². The summed E-state index contributed by atoms with van der Waals surface area (Å²) in [6.07, 6.45) is 8.92. The zero-order valence-electron chi connectivity index (χ0n) is 9.62. The van der Waals surface area contributed by atoms with Gasteiger partial charge in [0.2, 0.25) is 0 Å². The van der Waals surface area contributed by atoms with E-state index >= 15 is 0 Å². The first-order valence-electron chi connectivity index (χ1n) is 6.48. The van der Waals surface area contributed by atoms with Crippen LogP contribution in [0.1, 0.15) is 44.9 Å². The molecule has 2 bridgehead atoms. The molecule has 1 saturated carbocycles. The molecule has 0 unspecified atom stereocenters. The topological polar surface area (TPSA) is 27.0 Å². The second kappa shape index (κ2) is 5.51. The summed E-state index contributed by atoms with van der Waals surface area (Å²) in [7, 11) is 0. The highest BCUT2D eigenvalue weighted by molar-refractivity contribution is 4.82. The maximum Gasteiger partial charge on any atom is 0.0621 e. The van der Waals surface area contributed by atoms with Gasteiger partial charge in [-0.1, -0.05) is 0 Å². The lowest BCUT2D eigenvalue weighted by Crippen LogP contribution is -2.29. The predicted molar refractivity (Wildman–Crippen MR) is 61.4 cm³/mol. The minimum absolute atomic E-state index is 0.737. The second-order valence-corrected chi connectivity index (χ2v) is 5.26. The van der Waals surface area contributed by atoms with Crippen molar-refractivity contribution in [2.75, 3.05) is 19.6 Å². The summed E-state index contributed by atoms with van der Waals surface area (Å²) in [6.45, 7) is 3.90. The molecule has 0 aromatic carbocycles. The average Bonchev–Trinajstić information content (AvgIpc) is 2.57. The summed E-state index contributed by atoms with van der Waals surface area (Å²) >= 11 is 0. The second-order valence-electron chi connectivity index (χ2n) is 5.26. The SMILES string of the molecule is N#CCCCCN1CC2CCC(CC2)C1. The molecule has 1 aliphatic carbocycles. The monoisotopic (exact) mass is 206 g/mol. The third kappa shape index (κ3) is 3.21. The highest BCUT2D eigenvalue weighted by atomic mass is 15.1. The summed E-state index contributed by atoms with van der Waals surface area (Å²) in [5.74, 6) is 1.97. The first-order valence-corrected chi connectivity index (χ1v) is 6.48. The van der Waals surface area contributed by atoms with Crippen LogP contribution >= 0.6 is 0 Å². The Labute approximate surface area is 93.3 Å². The van der Waals surface area contributed by atoms with Crippen LogP contribution in [0.2, 0.25) is 0 Å². The minimum atomic E-state index is 0.737. The van der Waals surface area contributed by atoms with E-state index in [9.17, 15) is 0 Å². The van der Waals surface area contributed by atoms with E-state index in [2.05, 4.69) is 11.0 Å². The van der Waals surface area contributed by atoms with Crippen LogP contribution in [0.3, 0.4) is 0 Å². The summed E-state index contributed by atoms with van der Waals surface area (Å²) in [6, 6.07) is 2.23. The van der Waals surface area contributed by atoms with Crippen molar-refractivity contribution < 1.29 is 0 Å². The summed E-state index contributed by atoms with van der Waals surface area (Å²) < 4.78 is 0. The molecule has 15 heavy (non-hydrogen) atoms. The predicted octanol–water partition coefficient (Wildman–Crippen LogP) is 2.80. The Kier molecular flexibility index (Phi) is 4.02. The van der Waals surface area contributed by atoms with Crippen molar-refractivity contribution in [2.24, 2.45) is 11.8 Å². The first-order chi connectivity index (χ1) is 7.38. The largest absolute Gasteiger partial charge is 0.303 e. The quantitative estimate of drug-likeness (QED) is 0.661. The van der Waals surface area contributed by atoms with E-state index in [1.807, 2.05) is 0 Å². The normalized spacial score (nSPS) is 31.1. The lowest BCUT2D eigenvalue weighted by molar-refractivity contribution is 0.248. The fourth-order valence-corrected chi connectivity index (χ4v) is 3.12. The Hall–Kier alpha value is -0.550. The van der Waals surface area contributed by atoms with Crippen molar-refractivity contribution in [3.8, 4) is 6.07 Å². The molecule has 2 saturated heterocycles. The Morgan fingerprint density at radius 2 is 1.60 bits per heavy atom. The van der Waals surface area contributed by atoms with Gasteiger partial charge in [-0.05, 0) is 56.9 Å². The molecule has 3 rings (SSSR count). The molecule has 84 valence electrons. The molecule has 2 nitrogen and oxygen atoms in total. The van der Waals surface area contributed by atoms with E-state index < -0.39 is 0 Å². The molecule has 3 aliphatic rings. The number of unbranched alkanes of at least 4 members (excludes halogenated alkanes) is 2. The fraction of sp³-hybridized carbons (Fsp3) is 0.923. The van der Waals surface area contributed by atoms with Crippen LogP contribution in [0.15, 0.2) is 0 Å². The lowest BCUT2D eigenvalue weighted by atomic mass is 9.84.